The molecule has 2 aromatic heterocycles. The number of hydrogen-bond donors (Lipinski definition) is 0. The molecule has 6 nitrogen and oxygen atoms in total. The number of hydrogen-bond acceptors (Lipinski definition) is 6. The van der Waals surface area contributed by atoms with Gasteiger partial charge in [-0.05, 0) is 113 Å². The van der Waals surface area contributed by atoms with Gasteiger partial charge in [-0.1, -0.05) is 48.5 Å². The minimum atomic E-state index is 0.812. The van der Waals surface area contributed by atoms with Crippen molar-refractivity contribution in [2.24, 2.45) is 20.0 Å². The molecule has 0 fully saturated rings. The topological polar surface area (TPSA) is 75.2 Å². The van der Waals surface area contributed by atoms with Crippen LogP contribution in [0.15, 0.2) is 129 Å². The second-order valence-electron chi connectivity index (χ2n) is 10.7. The van der Waals surface area contributed by atoms with Crippen LogP contribution in [-0.2, 0) is 0 Å². The maximum absolute atomic E-state index is 4.83. The summed E-state index contributed by atoms with van der Waals surface area (Å²) in [6, 6.07) is 35.9. The van der Waals surface area contributed by atoms with Gasteiger partial charge in [0.05, 0.1) is 68.4 Å². The van der Waals surface area contributed by atoms with E-state index in [-0.39, 0.29) is 0 Å². The zero-order valence-electron chi connectivity index (χ0n) is 26.1. The predicted octanol–water partition coefficient (Wildman–Crippen LogP) is 9.66. The lowest BCUT2D eigenvalue weighted by molar-refractivity contribution is 1.23. The number of aryl methyl sites for hydroxylation is 2. The number of pyridine rings is 2. The average molecular weight is 577 g/mol. The molecule has 5 aromatic rings. The fourth-order valence-electron chi connectivity index (χ4n) is 4.63. The molecule has 0 unspecified atom stereocenters. The van der Waals surface area contributed by atoms with E-state index < -0.39 is 0 Å². The van der Waals surface area contributed by atoms with Crippen LogP contribution in [0.5, 0.6) is 0 Å². The Balaban J connectivity index is 1.31. The summed E-state index contributed by atoms with van der Waals surface area (Å²) in [5.41, 5.74) is 12.5. The van der Waals surface area contributed by atoms with Crippen LogP contribution in [0.1, 0.15) is 61.6 Å². The second kappa shape index (κ2) is 13.7. The van der Waals surface area contributed by atoms with E-state index >= 15 is 0 Å². The third-order valence-corrected chi connectivity index (χ3v) is 7.23. The number of aliphatic imine (C=N–C) groups is 4. The first kappa shape index (κ1) is 30.1. The fourth-order valence-corrected chi connectivity index (χ4v) is 4.63. The van der Waals surface area contributed by atoms with E-state index in [2.05, 4.69) is 26.0 Å². The van der Waals surface area contributed by atoms with Crippen molar-refractivity contribution < 1.29 is 0 Å². The molecule has 3 aromatic carbocycles. The quantitative estimate of drug-likeness (QED) is 0.172. The van der Waals surface area contributed by atoms with Crippen LogP contribution in [0.3, 0.4) is 0 Å². The normalized spacial score (nSPS) is 12.9. The van der Waals surface area contributed by atoms with Gasteiger partial charge in [-0.3, -0.25) is 20.0 Å². The van der Waals surface area contributed by atoms with E-state index in [0.717, 1.165) is 79.5 Å². The fraction of sp³-hybridized carbons (Fsp3) is 0.158. The number of benzene rings is 3. The van der Waals surface area contributed by atoms with Gasteiger partial charge in [0.15, 0.2) is 0 Å². The minimum absolute atomic E-state index is 0.812. The molecule has 0 N–H and O–H groups in total. The first-order valence-electron chi connectivity index (χ1n) is 14.6. The molecule has 0 saturated heterocycles. The highest BCUT2D eigenvalue weighted by Crippen LogP contribution is 2.22. The van der Waals surface area contributed by atoms with E-state index in [1.165, 1.54) is 0 Å². The molecular weight excluding hydrogens is 540 g/mol. The summed E-state index contributed by atoms with van der Waals surface area (Å²) < 4.78 is 0. The standard InChI is InChI=1S/C38H36N6/c1-25-13-7-9-15-33(25)41-29(5)37-19-11-17-35(43-37)27(3)39-31-21-23-32(24-22-31)40-28(4)36-18-12-20-38(44-36)30(6)42-34-16-10-8-14-26(34)2/h7-24H,1-6H3/b39-27+,40-28+,41-29+,42-30+. The molecule has 6 heteroatoms. The van der Waals surface area contributed by atoms with Crippen molar-refractivity contribution in [1.82, 2.24) is 9.97 Å². The predicted molar refractivity (Wildman–Crippen MR) is 185 cm³/mol. The van der Waals surface area contributed by atoms with Crippen LogP contribution < -0.4 is 0 Å². The van der Waals surface area contributed by atoms with Crippen LogP contribution in [0.2, 0.25) is 0 Å². The van der Waals surface area contributed by atoms with Crippen molar-refractivity contribution in [3.63, 3.8) is 0 Å². The van der Waals surface area contributed by atoms with Gasteiger partial charge in [0.2, 0.25) is 0 Å². The lowest BCUT2D eigenvalue weighted by Gasteiger charge is -2.07. The molecule has 0 spiro atoms. The Labute approximate surface area is 259 Å². The molecule has 0 saturated carbocycles. The monoisotopic (exact) mass is 576 g/mol. The Hall–Kier alpha value is -5.36. The van der Waals surface area contributed by atoms with Crippen LogP contribution >= 0.6 is 0 Å². The number of aromatic nitrogens is 2. The summed E-state index contributed by atoms with van der Waals surface area (Å²) >= 11 is 0. The largest absolute Gasteiger partial charge is 0.252 e. The van der Waals surface area contributed by atoms with Crippen LogP contribution in [0.4, 0.5) is 22.7 Å². The van der Waals surface area contributed by atoms with Gasteiger partial charge >= 0.3 is 0 Å². The molecule has 44 heavy (non-hydrogen) atoms. The van der Waals surface area contributed by atoms with Crippen molar-refractivity contribution in [3.8, 4) is 0 Å². The third-order valence-electron chi connectivity index (χ3n) is 7.23. The van der Waals surface area contributed by atoms with E-state index in [1.54, 1.807) is 0 Å². The molecular formula is C38H36N6. The number of rotatable bonds is 8. The summed E-state index contributed by atoms with van der Waals surface area (Å²) in [7, 11) is 0. The first-order valence-corrected chi connectivity index (χ1v) is 14.6. The van der Waals surface area contributed by atoms with Gasteiger partial charge in [0, 0.05) is 0 Å². The Kier molecular flexibility index (Phi) is 9.40. The summed E-state index contributed by atoms with van der Waals surface area (Å²) in [6.45, 7) is 12.0. The van der Waals surface area contributed by atoms with Gasteiger partial charge in [-0.2, -0.15) is 0 Å². The summed E-state index contributed by atoms with van der Waals surface area (Å²) in [4.78, 5) is 28.9. The molecule has 0 bridgehead atoms. The Morgan fingerprint density at radius 1 is 0.386 bits per heavy atom. The zero-order chi connectivity index (χ0) is 31.1. The molecule has 0 atom stereocenters. The minimum Gasteiger partial charge on any atom is -0.252 e. The molecule has 0 aliphatic rings. The molecule has 0 aliphatic carbocycles. The van der Waals surface area contributed by atoms with E-state index in [9.17, 15) is 0 Å². The number of nitrogens with zero attached hydrogens (tertiary/aromatic N) is 6. The van der Waals surface area contributed by atoms with Gasteiger partial charge in [-0.15, -0.1) is 0 Å². The van der Waals surface area contributed by atoms with Gasteiger partial charge < -0.3 is 0 Å². The Morgan fingerprint density at radius 2 is 0.705 bits per heavy atom. The van der Waals surface area contributed by atoms with Crippen LogP contribution in [0, 0.1) is 13.8 Å². The van der Waals surface area contributed by atoms with Crippen molar-refractivity contribution in [2.75, 3.05) is 0 Å². The van der Waals surface area contributed by atoms with Crippen LogP contribution in [-0.4, -0.2) is 32.8 Å². The maximum atomic E-state index is 4.83. The molecule has 5 rings (SSSR count). The van der Waals surface area contributed by atoms with Gasteiger partial charge in [-0.25, -0.2) is 9.97 Å². The lowest BCUT2D eigenvalue weighted by Crippen LogP contribution is -2.05. The number of para-hydroxylation sites is 2. The SMILES string of the molecule is C/C(=N\c1ccc(/N=C(\C)c2cccc(/C(C)=N/c3ccccc3C)n2)cc1)c1cccc(/C(C)=N/c2ccccc2C)n1. The summed E-state index contributed by atoms with van der Waals surface area (Å²) in [5, 5.41) is 0. The first-order chi connectivity index (χ1) is 21.3. The van der Waals surface area contributed by atoms with Gasteiger partial charge in [0.25, 0.3) is 0 Å². The second-order valence-corrected chi connectivity index (χ2v) is 10.7. The van der Waals surface area contributed by atoms with Gasteiger partial charge in [0.1, 0.15) is 0 Å². The smallest absolute Gasteiger partial charge is 0.0849 e. The van der Waals surface area contributed by atoms with E-state index in [4.69, 9.17) is 29.9 Å². The summed E-state index contributed by atoms with van der Waals surface area (Å²) in [5.74, 6) is 0. The third kappa shape index (κ3) is 7.53. The Bertz CT molecular complexity index is 1770. The highest BCUT2D eigenvalue weighted by Gasteiger charge is 2.08. The molecule has 0 amide bonds. The van der Waals surface area contributed by atoms with Crippen molar-refractivity contribution in [3.05, 3.63) is 143 Å². The van der Waals surface area contributed by atoms with Crippen molar-refractivity contribution in [2.45, 2.75) is 41.5 Å². The summed E-state index contributed by atoms with van der Waals surface area (Å²) in [6.07, 6.45) is 0. The molecule has 218 valence electrons. The highest BCUT2D eigenvalue weighted by molar-refractivity contribution is 6.03. The highest BCUT2D eigenvalue weighted by atomic mass is 14.9. The zero-order valence-corrected chi connectivity index (χ0v) is 26.1. The average Bonchev–Trinajstić information content (AvgIpc) is 3.04. The van der Waals surface area contributed by atoms with Crippen LogP contribution in [0.25, 0.3) is 0 Å². The Morgan fingerprint density at radius 3 is 1.05 bits per heavy atom. The van der Waals surface area contributed by atoms with Crippen molar-refractivity contribution >= 4 is 45.6 Å². The molecule has 0 radical (unpaired) electrons. The molecule has 2 heterocycles. The van der Waals surface area contributed by atoms with E-state index in [0.29, 0.717) is 0 Å². The lowest BCUT2D eigenvalue weighted by atomic mass is 10.1. The van der Waals surface area contributed by atoms with Crippen molar-refractivity contribution in [1.29, 1.82) is 0 Å². The van der Waals surface area contributed by atoms with E-state index in [1.807, 2.05) is 125 Å². The molecule has 0 aliphatic heterocycles. The maximum Gasteiger partial charge on any atom is 0.0849 e.